The number of fused-ring (bicyclic) bond motifs is 1. The lowest BCUT2D eigenvalue weighted by Crippen LogP contribution is -2.48. The van der Waals surface area contributed by atoms with Crippen molar-refractivity contribution in [2.24, 2.45) is 5.92 Å². The van der Waals surface area contributed by atoms with Crippen LogP contribution in [0, 0.1) is 12.8 Å². The highest BCUT2D eigenvalue weighted by Crippen LogP contribution is 2.34. The predicted molar refractivity (Wildman–Crippen MR) is 158 cm³/mol. The topological polar surface area (TPSA) is 66.9 Å². The van der Waals surface area contributed by atoms with E-state index in [0.717, 1.165) is 23.3 Å². The second kappa shape index (κ2) is 12.7. The minimum Gasteiger partial charge on any atom is -0.491 e. The standard InChI is InChI=1S/C31H40N2O4S2/c1-22(2)14-17-32(39(35,36)27-12-6-24(5)7-13-27)20-31(34)33-18-15-30-28(16-19-38-30)29(33)21-37-26-10-8-25(9-11-26)23(3)4/h6-13,16,19,22-23,29H,14-15,17-18,20-21H2,1-5H3. The van der Waals surface area contributed by atoms with Gasteiger partial charge in [0.2, 0.25) is 15.9 Å². The number of hydrogen-bond acceptors (Lipinski definition) is 5. The van der Waals surface area contributed by atoms with Gasteiger partial charge in [-0.2, -0.15) is 4.31 Å². The number of carbonyl (C=O) groups excluding carboxylic acids is 1. The van der Waals surface area contributed by atoms with E-state index in [1.54, 1.807) is 35.6 Å². The molecular weight excluding hydrogens is 528 g/mol. The highest BCUT2D eigenvalue weighted by molar-refractivity contribution is 7.89. The first-order chi connectivity index (χ1) is 18.6. The van der Waals surface area contributed by atoms with Crippen LogP contribution >= 0.6 is 11.3 Å². The number of thiophene rings is 1. The van der Waals surface area contributed by atoms with Crippen LogP contribution in [0.15, 0.2) is 64.9 Å². The van der Waals surface area contributed by atoms with Crippen LogP contribution in [-0.4, -0.2) is 49.8 Å². The maximum Gasteiger partial charge on any atom is 0.243 e. The molecule has 0 radical (unpaired) electrons. The lowest BCUT2D eigenvalue weighted by molar-refractivity contribution is -0.135. The summed E-state index contributed by atoms with van der Waals surface area (Å²) in [5, 5.41) is 2.06. The fourth-order valence-corrected chi connectivity index (χ4v) is 7.12. The summed E-state index contributed by atoms with van der Waals surface area (Å²) in [7, 11) is -3.82. The molecule has 210 valence electrons. The Morgan fingerprint density at radius 1 is 1.05 bits per heavy atom. The third-order valence-corrected chi connectivity index (χ3v) is 10.2. The minimum absolute atomic E-state index is 0.192. The average molecular weight is 569 g/mol. The molecular formula is C31H40N2O4S2. The van der Waals surface area contributed by atoms with Gasteiger partial charge >= 0.3 is 0 Å². The van der Waals surface area contributed by atoms with Crippen molar-refractivity contribution in [1.82, 2.24) is 9.21 Å². The molecule has 0 spiro atoms. The molecule has 1 atom stereocenters. The van der Waals surface area contributed by atoms with E-state index in [4.69, 9.17) is 4.74 Å². The SMILES string of the molecule is Cc1ccc(S(=O)(=O)N(CCC(C)C)CC(=O)N2CCc3sccc3C2COc2ccc(C(C)C)cc2)cc1. The van der Waals surface area contributed by atoms with Crippen molar-refractivity contribution < 1.29 is 17.9 Å². The number of aryl methyl sites for hydroxylation is 1. The number of nitrogens with zero attached hydrogens (tertiary/aromatic N) is 2. The Morgan fingerprint density at radius 2 is 1.74 bits per heavy atom. The van der Waals surface area contributed by atoms with Crippen molar-refractivity contribution in [3.63, 3.8) is 0 Å². The van der Waals surface area contributed by atoms with Crippen molar-refractivity contribution >= 4 is 27.3 Å². The average Bonchev–Trinajstić information content (AvgIpc) is 3.39. The Kier molecular flexibility index (Phi) is 9.51. The lowest BCUT2D eigenvalue weighted by Gasteiger charge is -2.37. The highest BCUT2D eigenvalue weighted by Gasteiger charge is 2.35. The maximum absolute atomic E-state index is 13.8. The Balaban J connectivity index is 1.55. The smallest absolute Gasteiger partial charge is 0.243 e. The van der Waals surface area contributed by atoms with Gasteiger partial charge < -0.3 is 9.64 Å². The molecule has 6 nitrogen and oxygen atoms in total. The summed E-state index contributed by atoms with van der Waals surface area (Å²) in [4.78, 5) is 17.1. The number of rotatable bonds is 11. The van der Waals surface area contributed by atoms with Crippen molar-refractivity contribution in [2.45, 2.75) is 64.3 Å². The van der Waals surface area contributed by atoms with Gasteiger partial charge in [-0.05, 0) is 78.4 Å². The van der Waals surface area contributed by atoms with Crippen molar-refractivity contribution in [2.75, 3.05) is 26.2 Å². The first-order valence-electron chi connectivity index (χ1n) is 13.7. The molecule has 2 aromatic carbocycles. The van der Waals surface area contributed by atoms with Crippen LogP contribution < -0.4 is 4.74 Å². The normalized spacial score (nSPS) is 15.7. The van der Waals surface area contributed by atoms with Gasteiger partial charge in [0.05, 0.1) is 17.5 Å². The van der Waals surface area contributed by atoms with E-state index in [2.05, 4.69) is 51.3 Å². The van der Waals surface area contributed by atoms with E-state index >= 15 is 0 Å². The molecule has 1 aliphatic heterocycles. The third kappa shape index (κ3) is 7.10. The second-order valence-corrected chi connectivity index (χ2v) is 14.0. The Labute approximate surface area is 237 Å². The van der Waals surface area contributed by atoms with Crippen molar-refractivity contribution in [3.8, 4) is 5.75 Å². The highest BCUT2D eigenvalue weighted by atomic mass is 32.2. The first kappa shape index (κ1) is 29.3. The molecule has 8 heteroatoms. The molecule has 1 unspecified atom stereocenters. The summed E-state index contributed by atoms with van der Waals surface area (Å²) < 4.78 is 34.8. The molecule has 0 aliphatic carbocycles. The molecule has 1 aliphatic rings. The van der Waals surface area contributed by atoms with Crippen LogP contribution in [0.5, 0.6) is 5.75 Å². The second-order valence-electron chi connectivity index (χ2n) is 11.0. The molecule has 1 amide bonds. The zero-order valence-electron chi connectivity index (χ0n) is 23.6. The van der Waals surface area contributed by atoms with E-state index in [1.807, 2.05) is 24.0 Å². The molecule has 0 saturated heterocycles. The minimum atomic E-state index is -3.82. The number of ether oxygens (including phenoxy) is 1. The molecule has 0 N–H and O–H groups in total. The number of carbonyl (C=O) groups is 1. The summed E-state index contributed by atoms with van der Waals surface area (Å²) in [6.45, 7) is 11.3. The van der Waals surface area contributed by atoms with Crippen LogP contribution in [0.4, 0.5) is 0 Å². The van der Waals surface area contributed by atoms with Gasteiger partial charge in [0.1, 0.15) is 12.4 Å². The number of amides is 1. The third-order valence-electron chi connectivity index (χ3n) is 7.30. The summed E-state index contributed by atoms with van der Waals surface area (Å²) in [6.07, 6.45) is 1.43. The van der Waals surface area contributed by atoms with Crippen molar-refractivity contribution in [3.05, 3.63) is 81.5 Å². The summed E-state index contributed by atoms with van der Waals surface area (Å²) in [5.41, 5.74) is 3.32. The number of hydrogen-bond donors (Lipinski definition) is 0. The van der Waals surface area contributed by atoms with Gasteiger partial charge in [0.15, 0.2) is 0 Å². The Morgan fingerprint density at radius 3 is 2.38 bits per heavy atom. The molecule has 0 bridgehead atoms. The van der Waals surface area contributed by atoms with Crippen LogP contribution in [0.1, 0.15) is 67.6 Å². The maximum atomic E-state index is 13.8. The largest absolute Gasteiger partial charge is 0.491 e. The van der Waals surface area contributed by atoms with Gasteiger partial charge in [0.25, 0.3) is 0 Å². The first-order valence-corrected chi connectivity index (χ1v) is 16.0. The molecule has 0 fully saturated rings. The molecule has 0 saturated carbocycles. The van der Waals surface area contributed by atoms with Crippen LogP contribution in [0.3, 0.4) is 0 Å². The lowest BCUT2D eigenvalue weighted by atomic mass is 10.0. The summed E-state index contributed by atoms with van der Waals surface area (Å²) >= 11 is 1.70. The molecule has 39 heavy (non-hydrogen) atoms. The predicted octanol–water partition coefficient (Wildman–Crippen LogP) is 6.42. The van der Waals surface area contributed by atoms with E-state index in [1.165, 1.54) is 14.7 Å². The van der Waals surface area contributed by atoms with E-state index in [0.29, 0.717) is 38.0 Å². The number of benzene rings is 2. The Bertz CT molecular complexity index is 1350. The quantitative estimate of drug-likeness (QED) is 0.268. The summed E-state index contributed by atoms with van der Waals surface area (Å²) in [5.74, 6) is 1.31. The van der Waals surface area contributed by atoms with Crippen LogP contribution in [0.2, 0.25) is 0 Å². The van der Waals surface area contributed by atoms with Gasteiger partial charge in [-0.3, -0.25) is 4.79 Å². The summed E-state index contributed by atoms with van der Waals surface area (Å²) in [6, 6.07) is 16.7. The van der Waals surface area contributed by atoms with Crippen LogP contribution in [-0.2, 0) is 21.2 Å². The van der Waals surface area contributed by atoms with Gasteiger partial charge in [-0.1, -0.05) is 57.5 Å². The fraction of sp³-hybridized carbons (Fsp3) is 0.452. The van der Waals surface area contributed by atoms with Crippen LogP contribution in [0.25, 0.3) is 0 Å². The molecule has 2 heterocycles. The van der Waals surface area contributed by atoms with E-state index in [-0.39, 0.29) is 23.4 Å². The zero-order chi connectivity index (χ0) is 28.2. The molecule has 3 aromatic rings. The van der Waals surface area contributed by atoms with Gasteiger partial charge in [-0.25, -0.2) is 8.42 Å². The van der Waals surface area contributed by atoms with Crippen molar-refractivity contribution in [1.29, 1.82) is 0 Å². The zero-order valence-corrected chi connectivity index (χ0v) is 25.2. The monoisotopic (exact) mass is 568 g/mol. The Hall–Kier alpha value is -2.68. The van der Waals surface area contributed by atoms with E-state index in [9.17, 15) is 13.2 Å². The molecule has 4 rings (SSSR count). The van der Waals surface area contributed by atoms with Gasteiger partial charge in [-0.15, -0.1) is 11.3 Å². The number of sulfonamides is 1. The fourth-order valence-electron chi connectivity index (χ4n) is 4.79. The molecule has 1 aromatic heterocycles. The van der Waals surface area contributed by atoms with E-state index < -0.39 is 10.0 Å². The van der Waals surface area contributed by atoms with Gasteiger partial charge in [0, 0.05) is 18.0 Å².